The van der Waals surface area contributed by atoms with Gasteiger partial charge in [-0.3, -0.25) is 28.8 Å². The number of nitrogens with one attached hydrogen (secondary N) is 6. The maximum Gasteiger partial charge on any atom is 0.251 e. The third-order valence-electron chi connectivity index (χ3n) is 23.6. The van der Waals surface area contributed by atoms with E-state index in [4.69, 9.17) is 58.0 Å². The molecule has 6 aliphatic rings. The summed E-state index contributed by atoms with van der Waals surface area (Å²) >= 11 is 30.3. The molecule has 6 heterocycles. The summed E-state index contributed by atoms with van der Waals surface area (Å²) in [6.45, 7) is 20.4. The first-order valence-electron chi connectivity index (χ1n) is 41.8. The monoisotopic (exact) mass is 1650 g/mol. The van der Waals surface area contributed by atoms with Gasteiger partial charge in [0, 0.05) is 136 Å². The van der Waals surface area contributed by atoms with E-state index >= 15 is 0 Å². The molecule has 6 N–H and O–H groups in total. The van der Waals surface area contributed by atoms with Crippen molar-refractivity contribution >= 4 is 104 Å². The lowest BCUT2D eigenvalue weighted by atomic mass is 9.95. The second-order valence-corrected chi connectivity index (χ2v) is 33.8. The molecule has 0 radical (unpaired) electrons. The van der Waals surface area contributed by atoms with Crippen LogP contribution in [0.3, 0.4) is 0 Å². The van der Waals surface area contributed by atoms with E-state index < -0.39 is 0 Å². The third-order valence-corrected chi connectivity index (χ3v) is 25.3. The first-order chi connectivity index (χ1) is 55.4. The minimum Gasteiger partial charge on any atom is -0.350 e. The molecule has 0 aromatic heterocycles. The molecule has 612 valence electrons. The average Bonchev–Trinajstić information content (AvgIpc) is 1.75. The van der Waals surface area contributed by atoms with E-state index in [1.165, 1.54) is 74.5 Å². The zero-order valence-corrected chi connectivity index (χ0v) is 70.4. The molecule has 6 saturated heterocycles. The van der Waals surface area contributed by atoms with Gasteiger partial charge in [0.05, 0.1) is 38.2 Å². The SMILES string of the molecule is CC[C@H](CN1CC[C@@H](CNC(=O)c2ccc(Cl)c(Cl)c2)N[C@@H](CN2CCCCC2)C1=O)c1ccccc1.CC[C@H](CN1CC[C@@H](CNC(=O)c2ccc(Cl)c(Cl)c2)N[C@@H](CN2CCCCC2)C1=O)c1ccccc1.CC[C@H](CN1CC[C@@H](CNC(=O)c2ccc3cc(Cl)ccc3c2)N[C@@H](CN2CCCCC2)C1=O)c1ccccc1. The van der Waals surface area contributed by atoms with E-state index in [0.29, 0.717) is 125 Å². The molecule has 18 nitrogen and oxygen atoms in total. The Morgan fingerprint density at radius 2 is 0.658 bits per heavy atom. The van der Waals surface area contributed by atoms with E-state index in [0.717, 1.165) is 102 Å². The molecule has 6 aliphatic heterocycles. The number of hydrogen-bond acceptors (Lipinski definition) is 12. The van der Waals surface area contributed by atoms with Gasteiger partial charge in [0.15, 0.2) is 0 Å². The Morgan fingerprint density at radius 1 is 0.360 bits per heavy atom. The van der Waals surface area contributed by atoms with Crippen LogP contribution in [0.15, 0.2) is 164 Å². The smallest absolute Gasteiger partial charge is 0.251 e. The maximum atomic E-state index is 13.9. The van der Waals surface area contributed by atoms with E-state index in [1.807, 2.05) is 64.4 Å². The summed E-state index contributed by atoms with van der Waals surface area (Å²) in [6.07, 6.45) is 16.1. The summed E-state index contributed by atoms with van der Waals surface area (Å²) in [7, 11) is 0. The van der Waals surface area contributed by atoms with Crippen LogP contribution in [0.4, 0.5) is 0 Å². The molecule has 6 amide bonds. The van der Waals surface area contributed by atoms with Crippen LogP contribution in [0.5, 0.6) is 0 Å². The van der Waals surface area contributed by atoms with Crippen molar-refractivity contribution in [3.05, 3.63) is 222 Å². The number of hydrogen-bond donors (Lipinski definition) is 6. The molecule has 0 unspecified atom stereocenters. The van der Waals surface area contributed by atoms with Gasteiger partial charge in [-0.15, -0.1) is 0 Å². The highest BCUT2D eigenvalue weighted by Crippen LogP contribution is 2.30. The van der Waals surface area contributed by atoms with Crippen LogP contribution >= 0.6 is 58.0 Å². The third kappa shape index (κ3) is 25.9. The van der Waals surface area contributed by atoms with Crippen molar-refractivity contribution in [3.8, 4) is 0 Å². The number of rotatable bonds is 27. The minimum absolute atomic E-state index is 0.00716. The van der Waals surface area contributed by atoms with E-state index in [1.54, 1.807) is 36.4 Å². The lowest BCUT2D eigenvalue weighted by Gasteiger charge is -2.33. The van der Waals surface area contributed by atoms with Crippen LogP contribution in [-0.2, 0) is 14.4 Å². The number of fused-ring (bicyclic) bond motifs is 1. The molecule has 13 rings (SSSR count). The van der Waals surface area contributed by atoms with Gasteiger partial charge in [-0.25, -0.2) is 0 Å². The Balaban J connectivity index is 0.000000169. The van der Waals surface area contributed by atoms with Crippen molar-refractivity contribution < 1.29 is 28.8 Å². The van der Waals surface area contributed by atoms with Gasteiger partial charge in [-0.1, -0.05) is 201 Å². The predicted molar refractivity (Wildman–Crippen MR) is 464 cm³/mol. The van der Waals surface area contributed by atoms with E-state index in [9.17, 15) is 28.8 Å². The van der Waals surface area contributed by atoms with Crippen molar-refractivity contribution in [1.29, 1.82) is 0 Å². The number of nitrogens with zero attached hydrogens (tertiary/aromatic N) is 6. The number of benzene rings is 7. The molecule has 7 aromatic carbocycles. The van der Waals surface area contributed by atoms with Crippen molar-refractivity contribution in [2.75, 3.05) is 118 Å². The Bertz CT molecular complexity index is 4060. The number of piperidine rings is 3. The second-order valence-electron chi connectivity index (χ2n) is 31.7. The van der Waals surface area contributed by atoms with Gasteiger partial charge in [0.1, 0.15) is 0 Å². The van der Waals surface area contributed by atoms with Gasteiger partial charge in [0.2, 0.25) is 17.7 Å². The summed E-state index contributed by atoms with van der Waals surface area (Å²) in [5.41, 5.74) is 5.39. The number of carbonyl (C=O) groups is 6. The number of carbonyl (C=O) groups excluding carboxylic acids is 6. The molecular weight excluding hydrogens is 1530 g/mol. The standard InChI is InChI=1S/C33H41ClN4O2.2C29H38Cl2N4O2/c1-2-24(25-9-5-3-6-10-25)22-38-18-15-30(36-31(33(38)40)23-37-16-7-4-8-17-37)21-35-32(39)28-12-11-27-20-29(34)14-13-26(27)19-28;2*1-2-21(22-9-5-3-6-10-22)19-35-16-13-24(18-32-28(36)23-11-12-25(30)26(31)17-23)33-27(29(35)37)20-34-14-7-4-8-15-34/h3,5-6,9-14,19-20,24,30-31,36H,2,4,7-8,15-18,21-23H2,1H3,(H,35,39);2*3,5-6,9-12,17,21,24,27,33H,2,4,7-8,13-16,18-20H2,1H3,(H,32,36)/t24-,30+,31+;2*21-,24+,27+/m111/s1. The normalized spacial score (nSPS) is 21.7. The zero-order valence-electron chi connectivity index (χ0n) is 66.6. The van der Waals surface area contributed by atoms with E-state index in [2.05, 4.69) is 145 Å². The van der Waals surface area contributed by atoms with E-state index in [-0.39, 0.29) is 71.7 Å². The maximum absolute atomic E-state index is 13.9. The molecule has 23 heteroatoms. The summed E-state index contributed by atoms with van der Waals surface area (Å²) in [5.74, 6) is 0.913. The first kappa shape index (κ1) is 87.7. The van der Waals surface area contributed by atoms with Crippen LogP contribution in [0.1, 0.15) is 183 Å². The Morgan fingerprint density at radius 3 is 0.974 bits per heavy atom. The summed E-state index contributed by atoms with van der Waals surface area (Å²) < 4.78 is 0. The molecular formula is C91H117Cl5N12O6. The fraction of sp³-hybridized carbons (Fsp3) is 0.495. The Labute approximate surface area is 700 Å². The number of likely N-dealkylation sites (tertiary alicyclic amines) is 3. The molecule has 0 aliphatic carbocycles. The summed E-state index contributed by atoms with van der Waals surface area (Å²) in [4.78, 5) is 93.5. The molecule has 9 atom stereocenters. The fourth-order valence-corrected chi connectivity index (χ4v) is 17.6. The topological polar surface area (TPSA) is 194 Å². The van der Waals surface area contributed by atoms with Crippen LogP contribution in [0, 0.1) is 0 Å². The van der Waals surface area contributed by atoms with Crippen LogP contribution < -0.4 is 31.9 Å². The van der Waals surface area contributed by atoms with Crippen molar-refractivity contribution in [1.82, 2.24) is 61.3 Å². The fourth-order valence-electron chi connectivity index (χ4n) is 16.8. The Hall–Kier alpha value is -7.17. The molecule has 0 saturated carbocycles. The molecule has 0 spiro atoms. The van der Waals surface area contributed by atoms with Crippen LogP contribution in [-0.4, -0.2) is 219 Å². The molecule has 0 bridgehead atoms. The van der Waals surface area contributed by atoms with Crippen LogP contribution in [0.25, 0.3) is 10.8 Å². The minimum atomic E-state index is -0.291. The molecule has 7 aromatic rings. The predicted octanol–water partition coefficient (Wildman–Crippen LogP) is 15.4. The zero-order chi connectivity index (χ0) is 80.3. The van der Waals surface area contributed by atoms with Gasteiger partial charge >= 0.3 is 0 Å². The second kappa shape index (κ2) is 45.0. The number of amides is 6. The largest absolute Gasteiger partial charge is 0.350 e. The highest BCUT2D eigenvalue weighted by molar-refractivity contribution is 6.42. The number of halogens is 5. The highest BCUT2D eigenvalue weighted by atomic mass is 35.5. The van der Waals surface area contributed by atoms with Crippen molar-refractivity contribution in [2.24, 2.45) is 0 Å². The lowest BCUT2D eigenvalue weighted by molar-refractivity contribution is -0.134. The lowest BCUT2D eigenvalue weighted by Crippen LogP contribution is -2.54. The first-order valence-corrected chi connectivity index (χ1v) is 43.7. The quantitative estimate of drug-likeness (QED) is 0.0286. The van der Waals surface area contributed by atoms with Gasteiger partial charge in [-0.05, 0) is 204 Å². The van der Waals surface area contributed by atoms with Gasteiger partial charge in [-0.2, -0.15) is 0 Å². The van der Waals surface area contributed by atoms with Gasteiger partial charge < -0.3 is 61.3 Å². The molecule has 6 fully saturated rings. The molecule has 114 heavy (non-hydrogen) atoms. The van der Waals surface area contributed by atoms with Crippen molar-refractivity contribution in [3.63, 3.8) is 0 Å². The average molecular weight is 1650 g/mol. The highest BCUT2D eigenvalue weighted by Gasteiger charge is 2.38. The van der Waals surface area contributed by atoms with Gasteiger partial charge in [0.25, 0.3) is 17.7 Å². The van der Waals surface area contributed by atoms with Crippen LogP contribution in [0.2, 0.25) is 25.1 Å². The summed E-state index contributed by atoms with van der Waals surface area (Å²) in [5, 5.41) is 24.3. The summed E-state index contributed by atoms with van der Waals surface area (Å²) in [6, 6.07) is 51.7. The Kier molecular flexibility index (Phi) is 34.6. The van der Waals surface area contributed by atoms with Crippen molar-refractivity contribution in [2.45, 2.75) is 171 Å².